The Hall–Kier alpha value is -2.90. The Balaban J connectivity index is 1.38. The van der Waals surface area contributed by atoms with Crippen LogP contribution in [0.15, 0.2) is 37.1 Å². The van der Waals surface area contributed by atoms with Crippen LogP contribution < -0.4 is 10.6 Å². The zero-order valence-corrected chi connectivity index (χ0v) is 15.4. The fourth-order valence-corrected chi connectivity index (χ4v) is 3.11. The van der Waals surface area contributed by atoms with Gasteiger partial charge in [0.2, 0.25) is 5.91 Å². The summed E-state index contributed by atoms with van der Waals surface area (Å²) in [6, 6.07) is 3.47. The zero-order chi connectivity index (χ0) is 18.9. The minimum atomic E-state index is -0.278. The Morgan fingerprint density at radius 2 is 1.89 bits per heavy atom. The number of nitrogens with one attached hydrogen (secondary N) is 2. The van der Waals surface area contributed by atoms with Crippen molar-refractivity contribution in [1.29, 1.82) is 0 Å². The maximum Gasteiger partial charge on any atom is 0.315 e. The standard InChI is InChI=1S/C19H26N6O2/c26-18(24-10-3-1-2-4-11-24)6-8-22-19(27)23-14-16-5-7-21-17(13-16)25-12-9-20-15-25/h5,7,9,12-13,15H,1-4,6,8,10-11,14H2,(H2,22,23,27). The Bertz CT molecular complexity index is 738. The third kappa shape index (κ3) is 5.80. The van der Waals surface area contributed by atoms with Gasteiger partial charge in [-0.2, -0.15) is 0 Å². The van der Waals surface area contributed by atoms with E-state index in [-0.39, 0.29) is 11.9 Å². The number of amides is 3. The van der Waals surface area contributed by atoms with Crippen LogP contribution in [-0.4, -0.2) is 51.0 Å². The van der Waals surface area contributed by atoms with E-state index in [1.165, 1.54) is 12.8 Å². The predicted octanol–water partition coefficient (Wildman–Crippen LogP) is 1.86. The summed E-state index contributed by atoms with van der Waals surface area (Å²) in [4.78, 5) is 34.4. The van der Waals surface area contributed by atoms with E-state index in [1.54, 1.807) is 23.3 Å². The highest BCUT2D eigenvalue weighted by Gasteiger charge is 2.15. The summed E-state index contributed by atoms with van der Waals surface area (Å²) in [7, 11) is 0. The number of urea groups is 1. The summed E-state index contributed by atoms with van der Waals surface area (Å²) in [6.07, 6.45) is 11.8. The number of carbonyl (C=O) groups excluding carboxylic acids is 2. The molecule has 1 saturated heterocycles. The first-order valence-electron chi connectivity index (χ1n) is 9.45. The summed E-state index contributed by atoms with van der Waals surface area (Å²) >= 11 is 0. The van der Waals surface area contributed by atoms with E-state index in [0.717, 1.165) is 37.3 Å². The molecule has 8 nitrogen and oxygen atoms in total. The second-order valence-electron chi connectivity index (χ2n) is 6.65. The SMILES string of the molecule is O=C(NCCC(=O)N1CCCCCC1)NCc1ccnc(-n2ccnc2)c1. The third-order valence-corrected chi connectivity index (χ3v) is 4.62. The van der Waals surface area contributed by atoms with Gasteiger partial charge in [0.1, 0.15) is 12.1 Å². The molecule has 0 radical (unpaired) electrons. The Morgan fingerprint density at radius 3 is 2.63 bits per heavy atom. The van der Waals surface area contributed by atoms with Crippen molar-refractivity contribution < 1.29 is 9.59 Å². The average molecular weight is 370 g/mol. The van der Waals surface area contributed by atoms with E-state index < -0.39 is 0 Å². The van der Waals surface area contributed by atoms with Gasteiger partial charge in [0, 0.05) is 51.2 Å². The molecule has 1 fully saturated rings. The van der Waals surface area contributed by atoms with Gasteiger partial charge in [-0.15, -0.1) is 0 Å². The first kappa shape index (κ1) is 18.9. The number of rotatable bonds is 6. The van der Waals surface area contributed by atoms with Crippen molar-refractivity contribution >= 4 is 11.9 Å². The minimum absolute atomic E-state index is 0.122. The first-order chi connectivity index (χ1) is 13.2. The number of imidazole rings is 1. The molecule has 0 unspecified atom stereocenters. The number of aromatic nitrogens is 3. The lowest BCUT2D eigenvalue weighted by Crippen LogP contribution is -2.38. The monoisotopic (exact) mass is 370 g/mol. The van der Waals surface area contributed by atoms with Gasteiger partial charge >= 0.3 is 6.03 Å². The van der Waals surface area contributed by atoms with Crippen LogP contribution in [0.3, 0.4) is 0 Å². The van der Waals surface area contributed by atoms with Crippen molar-refractivity contribution in [1.82, 2.24) is 30.1 Å². The van der Waals surface area contributed by atoms with Crippen LogP contribution in [0.4, 0.5) is 4.79 Å². The molecule has 2 N–H and O–H groups in total. The molecule has 8 heteroatoms. The topological polar surface area (TPSA) is 92.2 Å². The van der Waals surface area contributed by atoms with Gasteiger partial charge < -0.3 is 15.5 Å². The second kappa shape index (κ2) is 9.70. The molecule has 3 amide bonds. The van der Waals surface area contributed by atoms with E-state index in [9.17, 15) is 9.59 Å². The maximum atomic E-state index is 12.2. The summed E-state index contributed by atoms with van der Waals surface area (Å²) < 4.78 is 1.80. The summed E-state index contributed by atoms with van der Waals surface area (Å²) in [6.45, 7) is 2.41. The van der Waals surface area contributed by atoms with Crippen molar-refractivity contribution in [3.05, 3.63) is 42.6 Å². The zero-order valence-electron chi connectivity index (χ0n) is 15.4. The summed E-state index contributed by atoms with van der Waals surface area (Å²) in [5.74, 6) is 0.867. The molecule has 1 aliphatic rings. The van der Waals surface area contributed by atoms with Crippen molar-refractivity contribution in [2.45, 2.75) is 38.6 Å². The molecular formula is C19H26N6O2. The largest absolute Gasteiger partial charge is 0.343 e. The van der Waals surface area contributed by atoms with Crippen molar-refractivity contribution in [3.63, 3.8) is 0 Å². The van der Waals surface area contributed by atoms with Crippen LogP contribution in [0.25, 0.3) is 5.82 Å². The Morgan fingerprint density at radius 1 is 1.07 bits per heavy atom. The van der Waals surface area contributed by atoms with Crippen molar-refractivity contribution in [3.8, 4) is 5.82 Å². The lowest BCUT2D eigenvalue weighted by atomic mass is 10.2. The van der Waals surface area contributed by atoms with Gasteiger partial charge in [0.25, 0.3) is 0 Å². The van der Waals surface area contributed by atoms with E-state index in [1.807, 2.05) is 23.2 Å². The molecule has 0 spiro atoms. The van der Waals surface area contributed by atoms with Gasteiger partial charge in [0.05, 0.1) is 0 Å². The number of hydrogen-bond acceptors (Lipinski definition) is 4. The van der Waals surface area contributed by atoms with E-state index >= 15 is 0 Å². The average Bonchev–Trinajstić information content (AvgIpc) is 3.09. The molecule has 2 aromatic rings. The molecule has 0 saturated carbocycles. The van der Waals surface area contributed by atoms with Crippen molar-refractivity contribution in [2.75, 3.05) is 19.6 Å². The molecule has 27 heavy (non-hydrogen) atoms. The fourth-order valence-electron chi connectivity index (χ4n) is 3.11. The maximum absolute atomic E-state index is 12.2. The number of nitrogens with zero attached hydrogens (tertiary/aromatic N) is 4. The normalized spacial score (nSPS) is 14.4. The van der Waals surface area contributed by atoms with Crippen LogP contribution in [0, 0.1) is 0 Å². The smallest absolute Gasteiger partial charge is 0.315 e. The summed E-state index contributed by atoms with van der Waals surface area (Å²) in [5.41, 5.74) is 0.935. The molecule has 3 heterocycles. The van der Waals surface area contributed by atoms with Crippen LogP contribution in [-0.2, 0) is 11.3 Å². The molecule has 1 aliphatic heterocycles. The molecule has 0 bridgehead atoms. The van der Waals surface area contributed by atoms with Gasteiger partial charge in [0.15, 0.2) is 0 Å². The van der Waals surface area contributed by atoms with Crippen LogP contribution in [0.1, 0.15) is 37.7 Å². The molecule has 3 rings (SSSR count). The van der Waals surface area contributed by atoms with E-state index in [4.69, 9.17) is 0 Å². The lowest BCUT2D eigenvalue weighted by Gasteiger charge is -2.20. The van der Waals surface area contributed by atoms with Crippen LogP contribution in [0.5, 0.6) is 0 Å². The molecular weight excluding hydrogens is 344 g/mol. The number of hydrogen-bond donors (Lipinski definition) is 2. The molecule has 0 aromatic carbocycles. The number of carbonyl (C=O) groups is 2. The predicted molar refractivity (Wildman–Crippen MR) is 101 cm³/mol. The molecule has 2 aromatic heterocycles. The van der Waals surface area contributed by atoms with Gasteiger partial charge in [-0.3, -0.25) is 9.36 Å². The van der Waals surface area contributed by atoms with Gasteiger partial charge in [-0.1, -0.05) is 12.8 Å². The fraction of sp³-hybridized carbons (Fsp3) is 0.474. The molecule has 0 atom stereocenters. The highest BCUT2D eigenvalue weighted by molar-refractivity contribution is 5.78. The van der Waals surface area contributed by atoms with Crippen LogP contribution in [0.2, 0.25) is 0 Å². The van der Waals surface area contributed by atoms with Gasteiger partial charge in [-0.05, 0) is 30.5 Å². The second-order valence-corrected chi connectivity index (χ2v) is 6.65. The minimum Gasteiger partial charge on any atom is -0.343 e. The highest BCUT2D eigenvalue weighted by Crippen LogP contribution is 2.10. The molecule has 0 aliphatic carbocycles. The lowest BCUT2D eigenvalue weighted by molar-refractivity contribution is -0.131. The number of pyridine rings is 1. The highest BCUT2D eigenvalue weighted by atomic mass is 16.2. The van der Waals surface area contributed by atoms with E-state index in [2.05, 4.69) is 20.6 Å². The van der Waals surface area contributed by atoms with Crippen LogP contribution >= 0.6 is 0 Å². The Kier molecular flexibility index (Phi) is 6.78. The quantitative estimate of drug-likeness (QED) is 0.812. The number of likely N-dealkylation sites (tertiary alicyclic amines) is 1. The summed E-state index contributed by atoms with van der Waals surface area (Å²) in [5, 5.41) is 5.56. The van der Waals surface area contributed by atoms with Crippen molar-refractivity contribution in [2.24, 2.45) is 0 Å². The van der Waals surface area contributed by atoms with E-state index in [0.29, 0.717) is 19.5 Å². The first-order valence-corrected chi connectivity index (χ1v) is 9.45. The van der Waals surface area contributed by atoms with Gasteiger partial charge in [-0.25, -0.2) is 14.8 Å². The molecule has 144 valence electrons. The Labute approximate surface area is 159 Å². The third-order valence-electron chi connectivity index (χ3n) is 4.62.